The Balaban J connectivity index is 2.59. The van der Waals surface area contributed by atoms with Crippen LogP contribution in [0.1, 0.15) is 0 Å². The number of aromatic amines is 2. The fourth-order valence-electron chi connectivity index (χ4n) is 1.73. The molecule has 0 radical (unpaired) electrons. The van der Waals surface area contributed by atoms with E-state index in [1.807, 2.05) is 12.1 Å². The van der Waals surface area contributed by atoms with Crippen LogP contribution < -0.4 is 11.3 Å². The predicted molar refractivity (Wildman–Crippen MR) is 58.6 cm³/mol. The standard InChI is InChI=1S/C10H8N4O/c11-10-13-7-3-2-6-5(9(7)14-10)1-4-8(15)12-6/h1-4H,(H,12,15)(H3,11,13,14). The molecular formula is C10H8N4O. The number of rotatable bonds is 0. The van der Waals surface area contributed by atoms with Crippen LogP contribution in [0.25, 0.3) is 21.9 Å². The Morgan fingerprint density at radius 1 is 1.07 bits per heavy atom. The average Bonchev–Trinajstić information content (AvgIpc) is 2.58. The summed E-state index contributed by atoms with van der Waals surface area (Å²) < 4.78 is 0. The van der Waals surface area contributed by atoms with Crippen molar-refractivity contribution in [3.63, 3.8) is 0 Å². The highest BCUT2D eigenvalue weighted by atomic mass is 16.1. The normalized spacial score (nSPS) is 11.2. The van der Waals surface area contributed by atoms with Crippen molar-refractivity contribution in [3.05, 3.63) is 34.6 Å². The maximum Gasteiger partial charge on any atom is 0.248 e. The summed E-state index contributed by atoms with van der Waals surface area (Å²) in [5.41, 5.74) is 7.86. The maximum absolute atomic E-state index is 11.1. The Hall–Kier alpha value is -2.30. The van der Waals surface area contributed by atoms with Gasteiger partial charge in [-0.2, -0.15) is 0 Å². The summed E-state index contributed by atoms with van der Waals surface area (Å²) in [7, 11) is 0. The molecule has 2 aromatic heterocycles. The number of benzene rings is 1. The smallest absolute Gasteiger partial charge is 0.248 e. The summed E-state index contributed by atoms with van der Waals surface area (Å²) in [6.07, 6.45) is 0. The molecule has 0 aliphatic heterocycles. The number of pyridine rings is 1. The van der Waals surface area contributed by atoms with Gasteiger partial charge in [-0.1, -0.05) is 0 Å². The molecule has 0 spiro atoms. The molecule has 5 nitrogen and oxygen atoms in total. The number of fused-ring (bicyclic) bond motifs is 3. The van der Waals surface area contributed by atoms with E-state index in [0.29, 0.717) is 5.95 Å². The van der Waals surface area contributed by atoms with E-state index in [0.717, 1.165) is 21.9 Å². The second-order valence-electron chi connectivity index (χ2n) is 3.37. The lowest BCUT2D eigenvalue weighted by atomic mass is 10.2. The molecule has 0 amide bonds. The first-order valence-corrected chi connectivity index (χ1v) is 4.51. The largest absolute Gasteiger partial charge is 0.369 e. The zero-order chi connectivity index (χ0) is 10.4. The van der Waals surface area contributed by atoms with E-state index < -0.39 is 0 Å². The third-order valence-electron chi connectivity index (χ3n) is 2.37. The van der Waals surface area contributed by atoms with E-state index in [-0.39, 0.29) is 5.56 Å². The summed E-state index contributed by atoms with van der Waals surface area (Å²) in [5, 5.41) is 0.889. The molecule has 1 aromatic carbocycles. The van der Waals surface area contributed by atoms with Crippen LogP contribution in [0.4, 0.5) is 5.95 Å². The Morgan fingerprint density at radius 2 is 1.87 bits per heavy atom. The van der Waals surface area contributed by atoms with Crippen molar-refractivity contribution in [2.45, 2.75) is 0 Å². The first-order chi connectivity index (χ1) is 7.24. The Morgan fingerprint density at radius 3 is 2.73 bits per heavy atom. The minimum Gasteiger partial charge on any atom is -0.369 e. The van der Waals surface area contributed by atoms with Gasteiger partial charge in [0.15, 0.2) is 5.95 Å². The number of nitrogens with one attached hydrogen (secondary N) is 2. The Labute approximate surface area is 83.9 Å². The first-order valence-electron chi connectivity index (χ1n) is 4.51. The second-order valence-corrected chi connectivity index (χ2v) is 3.37. The van der Waals surface area contributed by atoms with Gasteiger partial charge in [-0.15, -0.1) is 0 Å². The van der Waals surface area contributed by atoms with Gasteiger partial charge in [0.05, 0.1) is 16.6 Å². The SMILES string of the molecule is Nc1nc2c(ccc3[nH]c(=O)ccc32)[nH]1. The summed E-state index contributed by atoms with van der Waals surface area (Å²) in [6, 6.07) is 6.90. The quantitative estimate of drug-likeness (QED) is 0.505. The molecule has 15 heavy (non-hydrogen) atoms. The average molecular weight is 200 g/mol. The van der Waals surface area contributed by atoms with Crippen LogP contribution in [0, 0.1) is 0 Å². The minimum absolute atomic E-state index is 0.120. The fraction of sp³-hybridized carbons (Fsp3) is 0. The topological polar surface area (TPSA) is 87.6 Å². The van der Waals surface area contributed by atoms with Crippen molar-refractivity contribution < 1.29 is 0 Å². The molecule has 5 heteroatoms. The van der Waals surface area contributed by atoms with Crippen LogP contribution in [0.15, 0.2) is 29.1 Å². The van der Waals surface area contributed by atoms with Crippen molar-refractivity contribution in [3.8, 4) is 0 Å². The molecule has 0 atom stereocenters. The number of hydrogen-bond donors (Lipinski definition) is 3. The van der Waals surface area contributed by atoms with Gasteiger partial charge in [0, 0.05) is 11.5 Å². The molecule has 4 N–H and O–H groups in total. The van der Waals surface area contributed by atoms with Crippen LogP contribution >= 0.6 is 0 Å². The molecule has 0 fully saturated rings. The summed E-state index contributed by atoms with van der Waals surface area (Å²) >= 11 is 0. The molecule has 0 aliphatic rings. The number of aromatic nitrogens is 3. The van der Waals surface area contributed by atoms with Crippen LogP contribution in [-0.4, -0.2) is 15.0 Å². The van der Waals surface area contributed by atoms with Gasteiger partial charge in [-0.3, -0.25) is 4.79 Å². The van der Waals surface area contributed by atoms with Gasteiger partial charge in [-0.25, -0.2) is 4.98 Å². The number of hydrogen-bond acceptors (Lipinski definition) is 3. The van der Waals surface area contributed by atoms with Crippen LogP contribution in [0.5, 0.6) is 0 Å². The number of nitrogen functional groups attached to an aromatic ring is 1. The summed E-state index contributed by atoms with van der Waals surface area (Å²) in [6.45, 7) is 0. The number of nitrogens with zero attached hydrogens (tertiary/aromatic N) is 1. The molecule has 0 unspecified atom stereocenters. The molecule has 74 valence electrons. The second kappa shape index (κ2) is 2.60. The van der Waals surface area contributed by atoms with E-state index in [2.05, 4.69) is 15.0 Å². The van der Waals surface area contributed by atoms with Crippen molar-refractivity contribution in [2.75, 3.05) is 5.73 Å². The van der Waals surface area contributed by atoms with Crippen molar-refractivity contribution >= 4 is 27.9 Å². The lowest BCUT2D eigenvalue weighted by molar-refractivity contribution is 1.31. The molecule has 3 aromatic rings. The summed E-state index contributed by atoms with van der Waals surface area (Å²) in [4.78, 5) is 21.0. The van der Waals surface area contributed by atoms with E-state index in [9.17, 15) is 4.79 Å². The first kappa shape index (κ1) is 8.05. The van der Waals surface area contributed by atoms with Crippen LogP contribution in [0.3, 0.4) is 0 Å². The maximum atomic E-state index is 11.1. The molecule has 0 saturated carbocycles. The minimum atomic E-state index is -0.120. The van der Waals surface area contributed by atoms with Crippen LogP contribution in [0.2, 0.25) is 0 Å². The van der Waals surface area contributed by atoms with E-state index >= 15 is 0 Å². The molecule has 3 rings (SSSR count). The lowest BCUT2D eigenvalue weighted by Gasteiger charge is -1.96. The third-order valence-corrected chi connectivity index (χ3v) is 2.37. The summed E-state index contributed by atoms with van der Waals surface area (Å²) in [5.74, 6) is 0.378. The van der Waals surface area contributed by atoms with Gasteiger partial charge in [0.25, 0.3) is 0 Å². The van der Waals surface area contributed by atoms with Crippen molar-refractivity contribution in [1.29, 1.82) is 0 Å². The number of imidazole rings is 1. The molecule has 0 saturated heterocycles. The number of anilines is 1. The van der Waals surface area contributed by atoms with Gasteiger partial charge < -0.3 is 15.7 Å². The van der Waals surface area contributed by atoms with E-state index in [1.165, 1.54) is 6.07 Å². The highest BCUT2D eigenvalue weighted by Crippen LogP contribution is 2.21. The van der Waals surface area contributed by atoms with Gasteiger partial charge in [0.1, 0.15) is 0 Å². The fourth-order valence-corrected chi connectivity index (χ4v) is 1.73. The van der Waals surface area contributed by atoms with E-state index in [4.69, 9.17) is 5.73 Å². The highest BCUT2D eigenvalue weighted by molar-refractivity contribution is 6.02. The Kier molecular flexibility index (Phi) is 1.39. The van der Waals surface area contributed by atoms with Crippen LogP contribution in [-0.2, 0) is 0 Å². The van der Waals surface area contributed by atoms with Crippen molar-refractivity contribution in [2.24, 2.45) is 0 Å². The monoisotopic (exact) mass is 200 g/mol. The molecule has 0 bridgehead atoms. The Bertz CT molecular complexity index is 710. The van der Waals surface area contributed by atoms with Gasteiger partial charge >= 0.3 is 0 Å². The lowest BCUT2D eigenvalue weighted by Crippen LogP contribution is -2.02. The van der Waals surface area contributed by atoms with Crippen molar-refractivity contribution in [1.82, 2.24) is 15.0 Å². The molecule has 2 heterocycles. The van der Waals surface area contributed by atoms with Gasteiger partial charge in [0.2, 0.25) is 5.56 Å². The third kappa shape index (κ3) is 1.10. The van der Waals surface area contributed by atoms with Gasteiger partial charge in [-0.05, 0) is 18.2 Å². The zero-order valence-corrected chi connectivity index (χ0v) is 7.74. The molecule has 0 aliphatic carbocycles. The van der Waals surface area contributed by atoms with E-state index in [1.54, 1.807) is 6.07 Å². The molecular weight excluding hydrogens is 192 g/mol. The highest BCUT2D eigenvalue weighted by Gasteiger charge is 2.04. The number of H-pyrrole nitrogens is 2. The zero-order valence-electron chi connectivity index (χ0n) is 7.74. The number of nitrogens with two attached hydrogens (primary N) is 1. The predicted octanol–water partition coefficient (Wildman–Crippen LogP) is 0.987.